The van der Waals surface area contributed by atoms with Crippen molar-refractivity contribution in [3.63, 3.8) is 0 Å². The molecule has 0 radical (unpaired) electrons. The van der Waals surface area contributed by atoms with Gasteiger partial charge in [-0.15, -0.1) is 0 Å². The lowest BCUT2D eigenvalue weighted by molar-refractivity contribution is 0.385. The van der Waals surface area contributed by atoms with Crippen LogP contribution in [0.3, 0.4) is 0 Å². The summed E-state index contributed by atoms with van der Waals surface area (Å²) in [5.41, 5.74) is 6.85. The van der Waals surface area contributed by atoms with E-state index in [9.17, 15) is 0 Å². The Bertz CT molecular complexity index is 452. The number of nitrogens with zero attached hydrogens (tertiary/aromatic N) is 2. The fourth-order valence-electron chi connectivity index (χ4n) is 1.26. The van der Waals surface area contributed by atoms with Crippen LogP contribution >= 0.6 is 11.6 Å². The van der Waals surface area contributed by atoms with E-state index in [-0.39, 0.29) is 6.04 Å². The van der Waals surface area contributed by atoms with Crippen molar-refractivity contribution < 1.29 is 4.52 Å². The van der Waals surface area contributed by atoms with Gasteiger partial charge in [0.2, 0.25) is 5.89 Å². The zero-order valence-corrected chi connectivity index (χ0v) is 8.90. The zero-order valence-electron chi connectivity index (χ0n) is 8.14. The number of halogens is 1. The second kappa shape index (κ2) is 4.00. The van der Waals surface area contributed by atoms with E-state index < -0.39 is 0 Å². The van der Waals surface area contributed by atoms with Crippen LogP contribution in [0.1, 0.15) is 23.3 Å². The zero-order chi connectivity index (χ0) is 10.8. The summed E-state index contributed by atoms with van der Waals surface area (Å²) < 4.78 is 4.86. The van der Waals surface area contributed by atoms with Crippen LogP contribution in [-0.2, 0) is 0 Å². The molecule has 1 atom stereocenters. The van der Waals surface area contributed by atoms with Gasteiger partial charge in [0.15, 0.2) is 5.82 Å². The second-order valence-corrected chi connectivity index (χ2v) is 3.64. The van der Waals surface area contributed by atoms with Gasteiger partial charge in [0.1, 0.15) is 0 Å². The minimum atomic E-state index is -0.375. The van der Waals surface area contributed by atoms with E-state index in [2.05, 4.69) is 10.1 Å². The largest absolute Gasteiger partial charge is 0.340 e. The third-order valence-corrected chi connectivity index (χ3v) is 2.30. The maximum Gasteiger partial charge on any atom is 0.223 e. The summed E-state index contributed by atoms with van der Waals surface area (Å²) in [6.45, 7) is 1.73. The first-order valence-electron chi connectivity index (χ1n) is 4.48. The highest BCUT2D eigenvalue weighted by atomic mass is 35.5. The summed E-state index contributed by atoms with van der Waals surface area (Å²) in [5, 5.41) is 4.45. The van der Waals surface area contributed by atoms with Gasteiger partial charge < -0.3 is 10.3 Å². The molecule has 0 aliphatic carbocycles. The molecule has 0 amide bonds. The molecule has 1 heterocycles. The van der Waals surface area contributed by atoms with Crippen LogP contribution in [0.2, 0.25) is 5.02 Å². The maximum absolute atomic E-state index is 5.95. The molecular formula is C10H10ClN3O. The second-order valence-electron chi connectivity index (χ2n) is 3.20. The molecule has 0 unspecified atom stereocenters. The van der Waals surface area contributed by atoms with Crippen LogP contribution in [0.5, 0.6) is 0 Å². The van der Waals surface area contributed by atoms with E-state index in [0.29, 0.717) is 16.7 Å². The van der Waals surface area contributed by atoms with Crippen LogP contribution in [0.25, 0.3) is 0 Å². The van der Waals surface area contributed by atoms with Gasteiger partial charge in [-0.25, -0.2) is 0 Å². The Kier molecular flexibility index (Phi) is 2.70. The Morgan fingerprint density at radius 2 is 2.00 bits per heavy atom. The Morgan fingerprint density at radius 1 is 1.33 bits per heavy atom. The molecule has 5 heteroatoms. The average Bonchev–Trinajstić information content (AvgIpc) is 2.65. The fourth-order valence-corrected chi connectivity index (χ4v) is 1.39. The number of rotatable bonds is 2. The number of hydrogen-bond acceptors (Lipinski definition) is 4. The van der Waals surface area contributed by atoms with E-state index in [1.54, 1.807) is 19.1 Å². The molecule has 0 aliphatic rings. The third-order valence-electron chi connectivity index (χ3n) is 2.05. The predicted molar refractivity (Wildman–Crippen MR) is 56.5 cm³/mol. The number of hydrogen-bond donors (Lipinski definition) is 1. The molecule has 0 saturated heterocycles. The van der Waals surface area contributed by atoms with Crippen molar-refractivity contribution in [3.8, 4) is 0 Å². The van der Waals surface area contributed by atoms with Crippen LogP contribution in [0.4, 0.5) is 0 Å². The molecule has 1 aromatic carbocycles. The highest BCUT2D eigenvalue weighted by Gasteiger charge is 2.14. The SMILES string of the molecule is Cc1nc([C@@H](N)c2ccc(Cl)cc2)no1. The lowest BCUT2D eigenvalue weighted by Gasteiger charge is -2.06. The molecule has 0 bridgehead atoms. The molecule has 0 fully saturated rings. The number of nitrogens with two attached hydrogens (primary N) is 1. The molecule has 1 aromatic heterocycles. The van der Waals surface area contributed by atoms with Gasteiger partial charge in [-0.1, -0.05) is 28.9 Å². The first-order chi connectivity index (χ1) is 7.16. The molecule has 2 N–H and O–H groups in total. The summed E-state index contributed by atoms with van der Waals surface area (Å²) in [4.78, 5) is 4.07. The Morgan fingerprint density at radius 3 is 2.53 bits per heavy atom. The minimum absolute atomic E-state index is 0.375. The van der Waals surface area contributed by atoms with Gasteiger partial charge in [0.05, 0.1) is 6.04 Å². The summed E-state index contributed by atoms with van der Waals surface area (Å²) in [6, 6.07) is 6.88. The first kappa shape index (κ1) is 10.1. The van der Waals surface area contributed by atoms with Crippen molar-refractivity contribution in [3.05, 3.63) is 46.6 Å². The first-order valence-corrected chi connectivity index (χ1v) is 4.86. The normalized spacial score (nSPS) is 12.7. The Labute approximate surface area is 92.0 Å². The standard InChI is InChI=1S/C10H10ClN3O/c1-6-13-10(14-15-6)9(12)7-2-4-8(11)5-3-7/h2-5,9H,12H2,1H3/t9-/m0/s1. The maximum atomic E-state index is 5.95. The van der Waals surface area contributed by atoms with Crippen molar-refractivity contribution in [2.75, 3.05) is 0 Å². The van der Waals surface area contributed by atoms with Gasteiger partial charge in [-0.3, -0.25) is 0 Å². The molecule has 0 spiro atoms. The summed E-state index contributed by atoms with van der Waals surface area (Å²) in [6.07, 6.45) is 0. The molecule has 0 aliphatic heterocycles. The minimum Gasteiger partial charge on any atom is -0.340 e. The van der Waals surface area contributed by atoms with Crippen LogP contribution in [0, 0.1) is 6.92 Å². The highest BCUT2D eigenvalue weighted by molar-refractivity contribution is 6.30. The molecule has 78 valence electrons. The molecular weight excluding hydrogens is 214 g/mol. The molecule has 15 heavy (non-hydrogen) atoms. The lowest BCUT2D eigenvalue weighted by atomic mass is 10.1. The number of benzene rings is 1. The van der Waals surface area contributed by atoms with Gasteiger partial charge in [0.25, 0.3) is 0 Å². The molecule has 4 nitrogen and oxygen atoms in total. The fraction of sp³-hybridized carbons (Fsp3) is 0.200. The van der Waals surface area contributed by atoms with Crippen LogP contribution < -0.4 is 5.73 Å². The van der Waals surface area contributed by atoms with Crippen molar-refractivity contribution in [2.24, 2.45) is 5.73 Å². The van der Waals surface area contributed by atoms with Gasteiger partial charge in [-0.2, -0.15) is 4.98 Å². The number of aromatic nitrogens is 2. The van der Waals surface area contributed by atoms with E-state index in [0.717, 1.165) is 5.56 Å². The molecule has 2 aromatic rings. The van der Waals surface area contributed by atoms with E-state index in [4.69, 9.17) is 21.9 Å². The quantitative estimate of drug-likeness (QED) is 0.847. The van der Waals surface area contributed by atoms with Gasteiger partial charge in [-0.05, 0) is 17.7 Å². The monoisotopic (exact) mass is 223 g/mol. The van der Waals surface area contributed by atoms with Crippen molar-refractivity contribution in [2.45, 2.75) is 13.0 Å². The summed E-state index contributed by atoms with van der Waals surface area (Å²) >= 11 is 5.78. The Hall–Kier alpha value is -1.39. The number of aryl methyl sites for hydroxylation is 1. The van der Waals surface area contributed by atoms with Crippen LogP contribution in [0.15, 0.2) is 28.8 Å². The Balaban J connectivity index is 2.28. The van der Waals surface area contributed by atoms with E-state index in [1.165, 1.54) is 0 Å². The van der Waals surface area contributed by atoms with Gasteiger partial charge in [0, 0.05) is 11.9 Å². The van der Waals surface area contributed by atoms with Crippen molar-refractivity contribution in [1.82, 2.24) is 10.1 Å². The third kappa shape index (κ3) is 2.16. The van der Waals surface area contributed by atoms with Crippen molar-refractivity contribution in [1.29, 1.82) is 0 Å². The predicted octanol–water partition coefficient (Wildman–Crippen LogP) is 2.08. The smallest absolute Gasteiger partial charge is 0.223 e. The highest BCUT2D eigenvalue weighted by Crippen LogP contribution is 2.18. The molecule has 0 saturated carbocycles. The van der Waals surface area contributed by atoms with Gasteiger partial charge >= 0.3 is 0 Å². The lowest BCUT2D eigenvalue weighted by Crippen LogP contribution is -2.13. The van der Waals surface area contributed by atoms with E-state index >= 15 is 0 Å². The topological polar surface area (TPSA) is 64.9 Å². The average molecular weight is 224 g/mol. The summed E-state index contributed by atoms with van der Waals surface area (Å²) in [5.74, 6) is 0.990. The summed E-state index contributed by atoms with van der Waals surface area (Å²) in [7, 11) is 0. The van der Waals surface area contributed by atoms with Crippen molar-refractivity contribution >= 4 is 11.6 Å². The van der Waals surface area contributed by atoms with E-state index in [1.807, 2.05) is 12.1 Å². The van der Waals surface area contributed by atoms with Crippen LogP contribution in [-0.4, -0.2) is 10.1 Å². The molecule has 2 rings (SSSR count).